The number of hydrogen-bond donors (Lipinski definition) is 1. The van der Waals surface area contributed by atoms with Crippen molar-refractivity contribution in [3.63, 3.8) is 0 Å². The number of hydrogen-bond acceptors (Lipinski definition) is 10. The van der Waals surface area contributed by atoms with Crippen LogP contribution in [-0.2, 0) is 29.5 Å². The van der Waals surface area contributed by atoms with Crippen molar-refractivity contribution in [2.45, 2.75) is 83.3 Å². The molecular formula is C25H36N6O5. The number of nitrogens with two attached hydrogens (primary N) is 1. The highest BCUT2D eigenvalue weighted by Gasteiger charge is 2.63. The van der Waals surface area contributed by atoms with E-state index in [9.17, 15) is 4.79 Å². The number of allylic oxidation sites excluding steroid dienone is 1. The number of nitrogens with zero attached hydrogens (tertiary/aromatic N) is 5. The molecule has 196 valence electrons. The molecule has 0 radical (unpaired) electrons. The minimum absolute atomic E-state index is 0.208. The lowest BCUT2D eigenvalue weighted by molar-refractivity contribution is -0.206. The van der Waals surface area contributed by atoms with Crippen molar-refractivity contribution in [2.24, 2.45) is 5.92 Å². The van der Waals surface area contributed by atoms with Gasteiger partial charge in [0.25, 0.3) is 0 Å². The maximum absolute atomic E-state index is 11.6. The van der Waals surface area contributed by atoms with Crippen LogP contribution in [0.1, 0.15) is 47.5 Å². The standard InChI is InChI=1S/C25H36N6O5/c1-6-33-19(32)8-7-16-9-17(10-16)30(15(2)3)11-18-21-25(12-34-18,36-24(4,5)35-21)31-14-29-20-22(26)27-13-28-23(20)31/h7-8,13-18,21H,6,9-12H2,1-5H3,(H2,26,27,28)/b8-7+/t16?,17?,18-,21-,25+/m1/s1. The number of fused-ring (bicyclic) bond motifs is 2. The Kier molecular flexibility index (Phi) is 6.52. The number of carbonyl (C=O) groups is 1. The second-order valence-corrected chi connectivity index (χ2v) is 10.6. The van der Waals surface area contributed by atoms with Gasteiger partial charge >= 0.3 is 5.97 Å². The van der Waals surface area contributed by atoms with Crippen molar-refractivity contribution in [3.8, 4) is 0 Å². The number of carbonyl (C=O) groups excluding carboxylic acids is 1. The molecule has 4 heterocycles. The SMILES string of the molecule is CCOC(=O)/C=C/C1CC(N(C[C@H]2OC[C@]3(n4cnc5c(N)ncnc54)OC(C)(C)O[C@H]23)C(C)C)C1. The molecule has 5 rings (SSSR count). The number of rotatable bonds is 8. The van der Waals surface area contributed by atoms with Crippen LogP contribution < -0.4 is 5.73 Å². The third-order valence-electron chi connectivity index (χ3n) is 7.35. The van der Waals surface area contributed by atoms with Gasteiger partial charge in [0.1, 0.15) is 24.1 Å². The van der Waals surface area contributed by atoms with Crippen molar-refractivity contribution in [1.82, 2.24) is 24.4 Å². The summed E-state index contributed by atoms with van der Waals surface area (Å²) < 4.78 is 26.2. The summed E-state index contributed by atoms with van der Waals surface area (Å²) in [5.74, 6) is -0.388. The molecule has 3 aliphatic rings. The summed E-state index contributed by atoms with van der Waals surface area (Å²) in [5.41, 5.74) is 6.25. The van der Waals surface area contributed by atoms with Gasteiger partial charge in [0, 0.05) is 24.7 Å². The van der Waals surface area contributed by atoms with Crippen LogP contribution in [0.25, 0.3) is 11.2 Å². The lowest BCUT2D eigenvalue weighted by atomic mass is 9.78. The van der Waals surface area contributed by atoms with E-state index < -0.39 is 11.5 Å². The summed E-state index contributed by atoms with van der Waals surface area (Å²) in [6, 6.07) is 0.720. The Morgan fingerprint density at radius 1 is 1.33 bits per heavy atom. The normalized spacial score (nSPS) is 31.4. The van der Waals surface area contributed by atoms with Gasteiger partial charge in [-0.15, -0.1) is 0 Å². The quantitative estimate of drug-likeness (QED) is 0.426. The van der Waals surface area contributed by atoms with Gasteiger partial charge in [0.15, 0.2) is 17.3 Å². The van der Waals surface area contributed by atoms with Gasteiger partial charge in [0.05, 0.1) is 19.5 Å². The zero-order chi connectivity index (χ0) is 25.7. The molecule has 3 atom stereocenters. The van der Waals surface area contributed by atoms with Crippen LogP contribution in [0.15, 0.2) is 24.8 Å². The van der Waals surface area contributed by atoms with E-state index >= 15 is 0 Å². The Morgan fingerprint density at radius 3 is 2.83 bits per heavy atom. The minimum atomic E-state index is -0.906. The number of imidazole rings is 1. The second kappa shape index (κ2) is 9.37. The molecule has 2 aromatic heterocycles. The fraction of sp³-hybridized carbons (Fsp3) is 0.680. The lowest BCUT2D eigenvalue weighted by Crippen LogP contribution is -2.53. The second-order valence-electron chi connectivity index (χ2n) is 10.6. The summed E-state index contributed by atoms with van der Waals surface area (Å²) >= 11 is 0. The molecule has 0 bridgehead atoms. The van der Waals surface area contributed by atoms with Crippen LogP contribution >= 0.6 is 0 Å². The van der Waals surface area contributed by atoms with Gasteiger partial charge in [-0.1, -0.05) is 6.08 Å². The Hall–Kier alpha value is -2.60. The van der Waals surface area contributed by atoms with E-state index in [1.54, 1.807) is 12.4 Å². The highest BCUT2D eigenvalue weighted by Crippen LogP contribution is 2.48. The average molecular weight is 501 g/mol. The van der Waals surface area contributed by atoms with Crippen molar-refractivity contribution < 1.29 is 23.7 Å². The van der Waals surface area contributed by atoms with Crippen LogP contribution in [0.4, 0.5) is 5.82 Å². The van der Waals surface area contributed by atoms with Gasteiger partial charge in [-0.25, -0.2) is 19.7 Å². The van der Waals surface area contributed by atoms with Gasteiger partial charge in [-0.3, -0.25) is 9.47 Å². The Bertz CT molecular complexity index is 1140. The van der Waals surface area contributed by atoms with Gasteiger partial charge in [-0.05, 0) is 53.4 Å². The first-order valence-corrected chi connectivity index (χ1v) is 12.7. The van der Waals surface area contributed by atoms with Crippen molar-refractivity contribution >= 4 is 23.0 Å². The zero-order valence-electron chi connectivity index (χ0n) is 21.6. The van der Waals surface area contributed by atoms with E-state index in [1.807, 2.05) is 31.4 Å². The fourth-order valence-corrected chi connectivity index (χ4v) is 5.68. The summed E-state index contributed by atoms with van der Waals surface area (Å²) in [6.07, 6.45) is 8.05. The number of aromatic nitrogens is 4. The van der Waals surface area contributed by atoms with Gasteiger partial charge in [-0.2, -0.15) is 0 Å². The Balaban J connectivity index is 1.33. The van der Waals surface area contributed by atoms with E-state index in [2.05, 4.69) is 33.7 Å². The minimum Gasteiger partial charge on any atom is -0.463 e. The molecule has 2 aliphatic heterocycles. The van der Waals surface area contributed by atoms with E-state index in [0.29, 0.717) is 54.7 Å². The lowest BCUT2D eigenvalue weighted by Gasteiger charge is -2.45. The summed E-state index contributed by atoms with van der Waals surface area (Å²) in [4.78, 5) is 27.1. The third-order valence-corrected chi connectivity index (χ3v) is 7.35. The predicted molar refractivity (Wildman–Crippen MR) is 132 cm³/mol. The average Bonchev–Trinajstić information content (AvgIpc) is 3.42. The van der Waals surface area contributed by atoms with Gasteiger partial charge < -0.3 is 24.7 Å². The molecule has 0 aromatic carbocycles. The first kappa shape index (κ1) is 25.1. The molecule has 0 unspecified atom stereocenters. The Morgan fingerprint density at radius 2 is 2.11 bits per heavy atom. The maximum atomic E-state index is 11.6. The van der Waals surface area contributed by atoms with E-state index in [0.717, 1.165) is 12.8 Å². The molecule has 36 heavy (non-hydrogen) atoms. The molecule has 0 amide bonds. The number of ether oxygens (including phenoxy) is 4. The third kappa shape index (κ3) is 4.38. The number of anilines is 1. The van der Waals surface area contributed by atoms with Crippen molar-refractivity contribution in [3.05, 3.63) is 24.8 Å². The van der Waals surface area contributed by atoms with Crippen LogP contribution in [-0.4, -0.2) is 80.2 Å². The fourth-order valence-electron chi connectivity index (χ4n) is 5.68. The zero-order valence-corrected chi connectivity index (χ0v) is 21.6. The molecule has 11 heteroatoms. The molecule has 0 spiro atoms. The highest BCUT2D eigenvalue weighted by molar-refractivity contribution is 5.82. The molecule has 1 aliphatic carbocycles. The first-order chi connectivity index (χ1) is 17.1. The van der Waals surface area contributed by atoms with Crippen molar-refractivity contribution in [1.29, 1.82) is 0 Å². The highest BCUT2D eigenvalue weighted by atomic mass is 16.8. The molecule has 2 N–H and O–H groups in total. The van der Waals surface area contributed by atoms with E-state index in [4.69, 9.17) is 24.7 Å². The molecule has 3 fully saturated rings. The van der Waals surface area contributed by atoms with Crippen LogP contribution in [0.2, 0.25) is 0 Å². The molecular weight excluding hydrogens is 464 g/mol. The van der Waals surface area contributed by atoms with Crippen LogP contribution in [0.3, 0.4) is 0 Å². The van der Waals surface area contributed by atoms with E-state index in [1.165, 1.54) is 6.33 Å². The topological polar surface area (TPSA) is 127 Å². The summed E-state index contributed by atoms with van der Waals surface area (Å²) in [7, 11) is 0. The number of esters is 1. The van der Waals surface area contributed by atoms with E-state index in [-0.39, 0.29) is 18.2 Å². The molecule has 11 nitrogen and oxygen atoms in total. The maximum Gasteiger partial charge on any atom is 0.330 e. The predicted octanol–water partition coefficient (Wildman–Crippen LogP) is 2.22. The van der Waals surface area contributed by atoms with Crippen LogP contribution in [0, 0.1) is 5.92 Å². The van der Waals surface area contributed by atoms with Crippen molar-refractivity contribution in [2.75, 3.05) is 25.5 Å². The first-order valence-electron chi connectivity index (χ1n) is 12.7. The smallest absolute Gasteiger partial charge is 0.330 e. The largest absolute Gasteiger partial charge is 0.463 e. The Labute approximate surface area is 210 Å². The summed E-state index contributed by atoms with van der Waals surface area (Å²) in [5, 5.41) is 0. The molecule has 1 saturated carbocycles. The summed E-state index contributed by atoms with van der Waals surface area (Å²) in [6.45, 7) is 11.4. The number of nitrogen functional groups attached to an aromatic ring is 1. The molecule has 2 aromatic rings. The van der Waals surface area contributed by atoms with Gasteiger partial charge in [0.2, 0.25) is 5.72 Å². The van der Waals surface area contributed by atoms with Crippen LogP contribution in [0.5, 0.6) is 0 Å². The monoisotopic (exact) mass is 500 g/mol. The molecule has 2 saturated heterocycles.